The summed E-state index contributed by atoms with van der Waals surface area (Å²) in [5, 5.41) is 0. The van der Waals surface area contributed by atoms with E-state index in [1.165, 1.54) is 11.4 Å². The number of allylic oxidation sites excluding steroid dienone is 4. The molecule has 0 bridgehead atoms. The van der Waals surface area contributed by atoms with E-state index in [0.717, 1.165) is 36.8 Å². The van der Waals surface area contributed by atoms with Crippen molar-refractivity contribution in [3.63, 3.8) is 0 Å². The molecule has 0 aromatic heterocycles. The van der Waals surface area contributed by atoms with Gasteiger partial charge in [0.05, 0.1) is 0 Å². The topological polar surface area (TPSA) is 37.4 Å². The number of nitrogens with zero attached hydrogens (tertiary/aromatic N) is 1. The first kappa shape index (κ1) is 11.7. The fraction of sp³-hybridized carbons (Fsp3) is 0.600. The molecular weight excluding hydrogens is 226 g/mol. The summed E-state index contributed by atoms with van der Waals surface area (Å²) in [6, 6.07) is 0. The molecule has 1 aliphatic heterocycles. The minimum absolute atomic E-state index is 0.0202. The smallest absolute Gasteiger partial charge is 0.161 e. The van der Waals surface area contributed by atoms with E-state index in [1.54, 1.807) is 0 Å². The fourth-order valence-electron chi connectivity index (χ4n) is 3.68. The Morgan fingerprint density at radius 2 is 1.33 bits per heavy atom. The number of carbonyl (C=O) groups is 2. The van der Waals surface area contributed by atoms with Gasteiger partial charge in [-0.3, -0.25) is 9.59 Å². The molecule has 0 spiro atoms. The zero-order chi connectivity index (χ0) is 12.9. The highest BCUT2D eigenvalue weighted by atomic mass is 16.1. The fourth-order valence-corrected chi connectivity index (χ4v) is 3.68. The number of hydrogen-bond donors (Lipinski definition) is 0. The Labute approximate surface area is 108 Å². The molecule has 0 aromatic carbocycles. The third-order valence-corrected chi connectivity index (χ3v) is 4.53. The molecule has 0 aromatic rings. The van der Waals surface area contributed by atoms with Crippen LogP contribution in [0.15, 0.2) is 22.5 Å². The maximum Gasteiger partial charge on any atom is 0.161 e. The molecule has 0 amide bonds. The van der Waals surface area contributed by atoms with Gasteiger partial charge in [0.25, 0.3) is 0 Å². The van der Waals surface area contributed by atoms with Crippen molar-refractivity contribution in [1.29, 1.82) is 0 Å². The molecule has 0 N–H and O–H groups in total. The molecule has 3 nitrogen and oxygen atoms in total. The molecular formula is C15H19NO2. The predicted molar refractivity (Wildman–Crippen MR) is 68.7 cm³/mol. The normalized spacial score (nSPS) is 25.6. The lowest BCUT2D eigenvalue weighted by Crippen LogP contribution is -2.37. The van der Waals surface area contributed by atoms with Gasteiger partial charge in [-0.2, -0.15) is 0 Å². The van der Waals surface area contributed by atoms with Crippen LogP contribution in [-0.2, 0) is 9.59 Å². The summed E-state index contributed by atoms with van der Waals surface area (Å²) in [7, 11) is 2.02. The highest BCUT2D eigenvalue weighted by molar-refractivity contribution is 6.04. The molecule has 3 aliphatic rings. The first-order chi connectivity index (χ1) is 8.61. The van der Waals surface area contributed by atoms with Crippen molar-refractivity contribution in [2.75, 3.05) is 7.05 Å². The van der Waals surface area contributed by atoms with E-state index in [1.807, 2.05) is 14.0 Å². The van der Waals surface area contributed by atoms with Crippen LogP contribution in [0.4, 0.5) is 0 Å². The highest BCUT2D eigenvalue weighted by Gasteiger charge is 2.39. The van der Waals surface area contributed by atoms with E-state index in [2.05, 4.69) is 4.90 Å². The van der Waals surface area contributed by atoms with Crippen LogP contribution in [0.25, 0.3) is 0 Å². The van der Waals surface area contributed by atoms with Crippen LogP contribution in [-0.4, -0.2) is 23.5 Å². The molecule has 0 radical (unpaired) electrons. The SMILES string of the molecule is CC1C2=C(CCCC2=O)N(C)C2=C1C(=O)CCC2. The van der Waals surface area contributed by atoms with E-state index in [4.69, 9.17) is 0 Å². The Hall–Kier alpha value is -1.38. The minimum Gasteiger partial charge on any atom is -0.351 e. The van der Waals surface area contributed by atoms with Crippen molar-refractivity contribution in [3.05, 3.63) is 22.5 Å². The lowest BCUT2D eigenvalue weighted by molar-refractivity contribution is -0.117. The van der Waals surface area contributed by atoms with Gasteiger partial charge in [0.1, 0.15) is 0 Å². The third kappa shape index (κ3) is 1.49. The Balaban J connectivity index is 2.12. The van der Waals surface area contributed by atoms with Gasteiger partial charge in [0, 0.05) is 48.3 Å². The molecule has 1 heterocycles. The van der Waals surface area contributed by atoms with Crippen molar-refractivity contribution in [3.8, 4) is 0 Å². The van der Waals surface area contributed by atoms with Gasteiger partial charge in [0.2, 0.25) is 0 Å². The molecule has 18 heavy (non-hydrogen) atoms. The van der Waals surface area contributed by atoms with Gasteiger partial charge in [-0.25, -0.2) is 0 Å². The number of rotatable bonds is 0. The maximum absolute atomic E-state index is 12.1. The maximum atomic E-state index is 12.1. The van der Waals surface area contributed by atoms with Crippen LogP contribution in [0.2, 0.25) is 0 Å². The monoisotopic (exact) mass is 245 g/mol. The Bertz CT molecular complexity index is 455. The van der Waals surface area contributed by atoms with Gasteiger partial charge in [-0.15, -0.1) is 0 Å². The quantitative estimate of drug-likeness (QED) is 0.658. The van der Waals surface area contributed by atoms with Gasteiger partial charge < -0.3 is 4.90 Å². The van der Waals surface area contributed by atoms with Crippen LogP contribution >= 0.6 is 0 Å². The van der Waals surface area contributed by atoms with Crippen LogP contribution in [0.5, 0.6) is 0 Å². The number of ketones is 2. The molecule has 0 unspecified atom stereocenters. The largest absolute Gasteiger partial charge is 0.351 e. The molecule has 2 aliphatic carbocycles. The lowest BCUT2D eigenvalue weighted by atomic mass is 9.75. The first-order valence-electron chi connectivity index (χ1n) is 6.87. The van der Waals surface area contributed by atoms with E-state index in [0.29, 0.717) is 12.8 Å². The second kappa shape index (κ2) is 4.08. The summed E-state index contributed by atoms with van der Waals surface area (Å²) in [4.78, 5) is 26.4. The average Bonchev–Trinajstić information content (AvgIpc) is 2.35. The van der Waals surface area contributed by atoms with Crippen molar-refractivity contribution < 1.29 is 9.59 Å². The summed E-state index contributed by atoms with van der Waals surface area (Å²) < 4.78 is 0. The van der Waals surface area contributed by atoms with E-state index >= 15 is 0 Å². The van der Waals surface area contributed by atoms with Crippen molar-refractivity contribution in [2.24, 2.45) is 5.92 Å². The van der Waals surface area contributed by atoms with Crippen molar-refractivity contribution in [1.82, 2.24) is 4.90 Å². The van der Waals surface area contributed by atoms with Crippen LogP contribution in [0.1, 0.15) is 45.4 Å². The lowest BCUT2D eigenvalue weighted by Gasteiger charge is -2.41. The van der Waals surface area contributed by atoms with Crippen molar-refractivity contribution >= 4 is 11.6 Å². The van der Waals surface area contributed by atoms with E-state index < -0.39 is 0 Å². The standard InChI is InChI=1S/C15H19NO2/c1-9-14-10(5-3-7-12(14)17)16(2)11-6-4-8-13(18)15(9)11/h9H,3-8H2,1-2H3. The third-order valence-electron chi connectivity index (χ3n) is 4.53. The molecule has 96 valence electrons. The van der Waals surface area contributed by atoms with Gasteiger partial charge in [0.15, 0.2) is 11.6 Å². The molecule has 0 fully saturated rings. The average molecular weight is 245 g/mol. The Kier molecular flexibility index (Phi) is 2.65. The zero-order valence-electron chi connectivity index (χ0n) is 11.1. The zero-order valence-corrected chi connectivity index (χ0v) is 11.1. The summed E-state index contributed by atoms with van der Waals surface area (Å²) in [5.74, 6) is 0.521. The molecule has 3 rings (SSSR count). The van der Waals surface area contributed by atoms with Crippen LogP contribution < -0.4 is 0 Å². The van der Waals surface area contributed by atoms with E-state index in [-0.39, 0.29) is 17.5 Å². The van der Waals surface area contributed by atoms with Gasteiger partial charge in [-0.05, 0) is 25.7 Å². The summed E-state index contributed by atoms with van der Waals surface area (Å²) >= 11 is 0. The second-order valence-corrected chi connectivity index (χ2v) is 5.55. The molecule has 0 saturated heterocycles. The summed E-state index contributed by atoms with van der Waals surface area (Å²) in [5.41, 5.74) is 4.18. The number of carbonyl (C=O) groups excluding carboxylic acids is 2. The first-order valence-corrected chi connectivity index (χ1v) is 6.87. The Morgan fingerprint density at radius 1 is 0.889 bits per heavy atom. The summed E-state index contributed by atoms with van der Waals surface area (Å²) in [6.07, 6.45) is 5.15. The van der Waals surface area contributed by atoms with E-state index in [9.17, 15) is 9.59 Å². The van der Waals surface area contributed by atoms with Gasteiger partial charge in [-0.1, -0.05) is 6.92 Å². The molecule has 0 atom stereocenters. The number of hydrogen-bond acceptors (Lipinski definition) is 3. The van der Waals surface area contributed by atoms with Crippen LogP contribution in [0, 0.1) is 5.92 Å². The van der Waals surface area contributed by atoms with Gasteiger partial charge >= 0.3 is 0 Å². The molecule has 3 heteroatoms. The second-order valence-electron chi connectivity index (χ2n) is 5.55. The number of Topliss-reactive ketones (excluding diaryl/α,β-unsaturated/α-hetero) is 2. The van der Waals surface area contributed by atoms with Crippen LogP contribution in [0.3, 0.4) is 0 Å². The minimum atomic E-state index is 0.0202. The summed E-state index contributed by atoms with van der Waals surface area (Å²) in [6.45, 7) is 2.03. The predicted octanol–water partition coefficient (Wildman–Crippen LogP) is 2.58. The molecule has 0 saturated carbocycles. The van der Waals surface area contributed by atoms with Crippen molar-refractivity contribution in [2.45, 2.75) is 45.4 Å². The Morgan fingerprint density at radius 3 is 1.78 bits per heavy atom. The highest BCUT2D eigenvalue weighted by Crippen LogP contribution is 2.43.